The van der Waals surface area contributed by atoms with Gasteiger partial charge in [-0.1, -0.05) is 18.2 Å². The minimum absolute atomic E-state index is 0.161. The van der Waals surface area contributed by atoms with Gasteiger partial charge in [0.25, 0.3) is 5.91 Å². The third-order valence-electron chi connectivity index (χ3n) is 4.81. The summed E-state index contributed by atoms with van der Waals surface area (Å²) in [5.74, 6) is 0.580. The van der Waals surface area contributed by atoms with Crippen LogP contribution in [0.1, 0.15) is 22.5 Å². The van der Waals surface area contributed by atoms with E-state index in [9.17, 15) is 9.59 Å². The molecule has 0 fully saturated rings. The predicted molar refractivity (Wildman–Crippen MR) is 115 cm³/mol. The molecule has 0 bridgehead atoms. The number of nitrogens with zero attached hydrogens (tertiary/aromatic N) is 2. The van der Waals surface area contributed by atoms with E-state index in [-0.39, 0.29) is 11.6 Å². The number of aromatic nitrogens is 3. The van der Waals surface area contributed by atoms with Gasteiger partial charge in [0.15, 0.2) is 0 Å². The fourth-order valence-electron chi connectivity index (χ4n) is 3.29. The maximum atomic E-state index is 12.3. The zero-order valence-corrected chi connectivity index (χ0v) is 16.6. The molecule has 152 valence electrons. The fraction of sp³-hybridized carbons (Fsp3) is 0.174. The van der Waals surface area contributed by atoms with Crippen molar-refractivity contribution in [2.45, 2.75) is 13.3 Å². The van der Waals surface area contributed by atoms with Gasteiger partial charge < -0.3 is 15.0 Å². The van der Waals surface area contributed by atoms with Crippen LogP contribution in [0.15, 0.2) is 71.8 Å². The number of nitrogens with one attached hydrogen (secondary N) is 2. The van der Waals surface area contributed by atoms with Crippen LogP contribution in [0.4, 0.5) is 0 Å². The van der Waals surface area contributed by atoms with Crippen molar-refractivity contribution in [1.82, 2.24) is 19.9 Å². The zero-order valence-electron chi connectivity index (χ0n) is 16.6. The topological polar surface area (TPSA) is 89.0 Å². The highest BCUT2D eigenvalue weighted by Gasteiger charge is 2.08. The lowest BCUT2D eigenvalue weighted by molar-refractivity contribution is 0.0951. The molecular weight excluding hydrogens is 380 g/mol. The highest BCUT2D eigenvalue weighted by atomic mass is 16.5. The number of hydrogen-bond acceptors (Lipinski definition) is 4. The van der Waals surface area contributed by atoms with Gasteiger partial charge in [-0.2, -0.15) is 0 Å². The van der Waals surface area contributed by atoms with E-state index in [1.807, 2.05) is 37.3 Å². The van der Waals surface area contributed by atoms with Crippen LogP contribution >= 0.6 is 0 Å². The van der Waals surface area contributed by atoms with E-state index in [0.717, 1.165) is 22.3 Å². The van der Waals surface area contributed by atoms with Gasteiger partial charge in [0.05, 0.1) is 12.3 Å². The number of aromatic amines is 1. The maximum Gasteiger partial charge on any atom is 0.330 e. The second-order valence-electron chi connectivity index (χ2n) is 6.91. The number of H-pyrrole nitrogens is 1. The first-order valence-corrected chi connectivity index (χ1v) is 9.76. The lowest BCUT2D eigenvalue weighted by Crippen LogP contribution is -2.25. The van der Waals surface area contributed by atoms with Crippen LogP contribution in [0.5, 0.6) is 5.75 Å². The number of hydrogen-bond donors (Lipinski definition) is 2. The standard InChI is InChI=1S/C23H22N4O3/c1-16-15-26-23(29)27(16)19-10-8-18(9-11-19)22(28)25-13-4-14-30-20-7-2-5-17-6-3-12-24-21(17)20/h2-3,5-12,15H,4,13-14H2,1H3,(H,25,28)(H,26,29). The van der Waals surface area contributed by atoms with Crippen molar-refractivity contribution in [2.75, 3.05) is 13.2 Å². The fourth-order valence-corrected chi connectivity index (χ4v) is 3.29. The number of rotatable bonds is 7. The van der Waals surface area contributed by atoms with E-state index in [1.54, 1.807) is 41.2 Å². The number of imidazole rings is 1. The summed E-state index contributed by atoms with van der Waals surface area (Å²) in [4.78, 5) is 31.2. The molecule has 0 spiro atoms. The van der Waals surface area contributed by atoms with E-state index < -0.39 is 0 Å². The summed E-state index contributed by atoms with van der Waals surface area (Å²) >= 11 is 0. The van der Waals surface area contributed by atoms with Gasteiger partial charge in [0.1, 0.15) is 11.3 Å². The van der Waals surface area contributed by atoms with Gasteiger partial charge >= 0.3 is 5.69 Å². The van der Waals surface area contributed by atoms with E-state index in [1.165, 1.54) is 0 Å². The molecule has 0 saturated heterocycles. The summed E-state index contributed by atoms with van der Waals surface area (Å²) in [5.41, 5.74) is 2.69. The lowest BCUT2D eigenvalue weighted by atomic mass is 10.2. The number of carbonyl (C=O) groups is 1. The maximum absolute atomic E-state index is 12.3. The van der Waals surface area contributed by atoms with Crippen molar-refractivity contribution in [3.63, 3.8) is 0 Å². The van der Waals surface area contributed by atoms with E-state index in [0.29, 0.717) is 30.8 Å². The van der Waals surface area contributed by atoms with Gasteiger partial charge in [-0.25, -0.2) is 4.79 Å². The molecule has 2 aromatic heterocycles. The summed E-state index contributed by atoms with van der Waals surface area (Å²) in [6.45, 7) is 2.81. The van der Waals surface area contributed by atoms with E-state index in [4.69, 9.17) is 4.74 Å². The smallest absolute Gasteiger partial charge is 0.330 e. The van der Waals surface area contributed by atoms with Crippen LogP contribution in [0, 0.1) is 6.92 Å². The van der Waals surface area contributed by atoms with Crippen LogP contribution in [-0.4, -0.2) is 33.6 Å². The second-order valence-corrected chi connectivity index (χ2v) is 6.91. The third kappa shape index (κ3) is 4.10. The van der Waals surface area contributed by atoms with Gasteiger partial charge in [0.2, 0.25) is 0 Å². The molecule has 0 atom stereocenters. The first-order chi connectivity index (χ1) is 14.6. The number of ether oxygens (including phenoxy) is 1. The molecule has 7 nitrogen and oxygen atoms in total. The molecule has 4 aromatic rings. The number of carbonyl (C=O) groups excluding carboxylic acids is 1. The quantitative estimate of drug-likeness (QED) is 0.465. The highest BCUT2D eigenvalue weighted by molar-refractivity contribution is 5.94. The van der Waals surface area contributed by atoms with Gasteiger partial charge in [0, 0.05) is 35.6 Å². The Morgan fingerprint density at radius 1 is 1.13 bits per heavy atom. The monoisotopic (exact) mass is 402 g/mol. The Labute approximate surface area is 173 Å². The lowest BCUT2D eigenvalue weighted by Gasteiger charge is -2.10. The van der Waals surface area contributed by atoms with Crippen molar-refractivity contribution in [3.8, 4) is 11.4 Å². The molecule has 1 amide bonds. The Kier molecular flexibility index (Phi) is 5.61. The average molecular weight is 402 g/mol. The van der Waals surface area contributed by atoms with Gasteiger partial charge in [-0.3, -0.25) is 14.3 Å². The molecule has 0 aliphatic carbocycles. The minimum atomic E-state index is -0.203. The van der Waals surface area contributed by atoms with Crippen molar-refractivity contribution >= 4 is 16.8 Å². The van der Waals surface area contributed by atoms with Gasteiger partial charge in [-0.15, -0.1) is 0 Å². The molecule has 30 heavy (non-hydrogen) atoms. The van der Waals surface area contributed by atoms with Crippen LogP contribution in [0.25, 0.3) is 16.6 Å². The van der Waals surface area contributed by atoms with Crippen molar-refractivity contribution in [3.05, 3.63) is 88.7 Å². The molecule has 4 rings (SSSR count). The predicted octanol–water partition coefficient (Wildman–Crippen LogP) is 3.22. The molecule has 7 heteroatoms. The number of pyridine rings is 1. The van der Waals surface area contributed by atoms with Crippen LogP contribution in [0.3, 0.4) is 0 Å². The molecular formula is C23H22N4O3. The Hall–Kier alpha value is -3.87. The summed E-state index contributed by atoms with van der Waals surface area (Å²) in [6, 6.07) is 16.7. The van der Waals surface area contributed by atoms with E-state index in [2.05, 4.69) is 15.3 Å². The second kappa shape index (κ2) is 8.65. The first kappa shape index (κ1) is 19.4. The first-order valence-electron chi connectivity index (χ1n) is 9.76. The van der Waals surface area contributed by atoms with Crippen molar-refractivity contribution in [2.24, 2.45) is 0 Å². The molecule has 0 radical (unpaired) electrons. The molecule has 0 aliphatic rings. The molecule has 0 aliphatic heterocycles. The highest BCUT2D eigenvalue weighted by Crippen LogP contribution is 2.22. The van der Waals surface area contributed by atoms with Crippen LogP contribution in [-0.2, 0) is 0 Å². The average Bonchev–Trinajstić information content (AvgIpc) is 3.11. The summed E-state index contributed by atoms with van der Waals surface area (Å²) in [6.07, 6.45) is 4.07. The van der Waals surface area contributed by atoms with Crippen LogP contribution < -0.4 is 15.7 Å². The number of benzene rings is 2. The molecule has 2 heterocycles. The largest absolute Gasteiger partial charge is 0.491 e. The molecule has 0 saturated carbocycles. The zero-order chi connectivity index (χ0) is 20.9. The van der Waals surface area contributed by atoms with E-state index >= 15 is 0 Å². The minimum Gasteiger partial charge on any atom is -0.491 e. The third-order valence-corrected chi connectivity index (χ3v) is 4.81. The molecule has 0 unspecified atom stereocenters. The van der Waals surface area contributed by atoms with Gasteiger partial charge in [-0.05, 0) is 49.7 Å². The number of fused-ring (bicyclic) bond motifs is 1. The summed E-state index contributed by atoms with van der Waals surface area (Å²) < 4.78 is 7.39. The van der Waals surface area contributed by atoms with Crippen LogP contribution in [0.2, 0.25) is 0 Å². The Morgan fingerprint density at radius 3 is 2.70 bits per heavy atom. The summed E-state index contributed by atoms with van der Waals surface area (Å²) in [7, 11) is 0. The summed E-state index contributed by atoms with van der Waals surface area (Å²) in [5, 5.41) is 3.92. The molecule has 2 aromatic carbocycles. The Morgan fingerprint density at radius 2 is 1.93 bits per heavy atom. The Balaban J connectivity index is 1.28. The molecule has 2 N–H and O–H groups in total. The Bertz CT molecular complexity index is 1220. The number of amides is 1. The number of aryl methyl sites for hydroxylation is 1. The van der Waals surface area contributed by atoms with Crippen molar-refractivity contribution in [1.29, 1.82) is 0 Å². The normalized spacial score (nSPS) is 10.8. The SMILES string of the molecule is Cc1c[nH]c(=O)n1-c1ccc(C(=O)NCCCOc2cccc3cccnc23)cc1. The van der Waals surface area contributed by atoms with Crippen molar-refractivity contribution < 1.29 is 9.53 Å². The number of para-hydroxylation sites is 1.